The number of hydrogen-bond acceptors (Lipinski definition) is 0. The van der Waals surface area contributed by atoms with E-state index < -0.39 is 0 Å². The minimum absolute atomic E-state index is 0. The zero-order valence-electron chi connectivity index (χ0n) is 5.76. The van der Waals surface area contributed by atoms with Crippen molar-refractivity contribution >= 4 is 18.6 Å². The van der Waals surface area contributed by atoms with Crippen LogP contribution in [0.5, 0.6) is 0 Å². The summed E-state index contributed by atoms with van der Waals surface area (Å²) in [4.78, 5) is 0. The second-order valence-corrected chi connectivity index (χ2v) is 0. The van der Waals surface area contributed by atoms with Crippen molar-refractivity contribution in [2.45, 2.75) is 35.1 Å². The van der Waals surface area contributed by atoms with Gasteiger partial charge >= 0.3 is 37.6 Å². The molecule has 0 N–H and O–H groups in total. The Balaban J connectivity index is -0.0000000147. The van der Waals surface area contributed by atoms with E-state index in [1.54, 1.807) is 0 Å². The van der Waals surface area contributed by atoms with Crippen molar-refractivity contribution in [3.05, 3.63) is 0 Å². The normalized spacial score (nSPS) is 5.00. The molecule has 0 rings (SSSR count). The molecular weight excluding hydrogens is 314 g/mol. The van der Waals surface area contributed by atoms with E-state index in [1.807, 2.05) is 27.7 Å². The van der Waals surface area contributed by atoms with Crippen LogP contribution in [0.15, 0.2) is 0 Å². The number of rotatable bonds is 0. The molecule has 0 heterocycles. The van der Waals surface area contributed by atoms with Crippen LogP contribution >= 0.6 is 18.6 Å². The summed E-state index contributed by atoms with van der Waals surface area (Å²) >= 11 is 1.88. The van der Waals surface area contributed by atoms with Crippen LogP contribution in [0.2, 0.25) is 0 Å². The van der Waals surface area contributed by atoms with Crippen LogP contribution in [0.1, 0.15) is 35.1 Å². The van der Waals surface area contributed by atoms with E-state index in [0.717, 1.165) is 0 Å². The van der Waals surface area contributed by atoms with Crippen molar-refractivity contribution in [1.29, 1.82) is 0.594 Å². The van der Waals surface area contributed by atoms with Crippen LogP contribution in [0.25, 0.3) is 0 Å². The summed E-state index contributed by atoms with van der Waals surface area (Å²) in [5.74, 6) is 0. The Morgan fingerprint density at radius 1 is 1.29 bits per heavy atom. The Kier molecular flexibility index (Phi) is 330. The zero-order chi connectivity index (χ0) is 6.71. The van der Waals surface area contributed by atoms with Crippen molar-refractivity contribution in [2.24, 2.45) is 0 Å². The van der Waals surface area contributed by atoms with E-state index in [4.69, 9.17) is 0.594 Å². The van der Waals surface area contributed by atoms with E-state index in [1.165, 1.54) is 0 Å². The standard InChI is InChI=1S/2C2H6.CH4.HI2/c2*1-2;;1-2/h2*1-2H3;1H4;1H/q;;;-1/i;;;1T. The van der Waals surface area contributed by atoms with Crippen LogP contribution in [0.3, 0.4) is 0 Å². The Hall–Kier alpha value is 1.46. The fourth-order valence-electron chi connectivity index (χ4n) is 0. The fourth-order valence-corrected chi connectivity index (χ4v) is 0. The molecule has 0 unspecified atom stereocenters. The van der Waals surface area contributed by atoms with E-state index in [2.05, 4.69) is 18.6 Å². The molecule has 0 aromatic carbocycles. The Labute approximate surface area is 72.2 Å². The molecule has 0 saturated carbocycles. The minimum atomic E-state index is -0.190. The van der Waals surface area contributed by atoms with Gasteiger partial charge in [-0.25, -0.2) is 0 Å². The number of halogens is 2. The van der Waals surface area contributed by atoms with Crippen LogP contribution in [0, 0.1) is 0 Å². The molecule has 0 aliphatic heterocycles. The topological polar surface area (TPSA) is 0 Å². The molecule has 0 spiro atoms. The van der Waals surface area contributed by atoms with Gasteiger partial charge in [-0.2, -0.15) is 0 Å². The SMILES string of the molecule is C.CC.CC.[3H][I-]I. The van der Waals surface area contributed by atoms with Gasteiger partial charge in [0.2, 0.25) is 0 Å². The van der Waals surface area contributed by atoms with Gasteiger partial charge in [-0.1, -0.05) is 35.1 Å². The zero-order valence-corrected chi connectivity index (χ0v) is 9.07. The molecular formula is C5H17I2-. The van der Waals surface area contributed by atoms with Crippen molar-refractivity contribution < 1.29 is 18.4 Å². The summed E-state index contributed by atoms with van der Waals surface area (Å²) in [5, 5.41) is 0. The summed E-state index contributed by atoms with van der Waals surface area (Å²) < 4.78 is 6.30. The van der Waals surface area contributed by atoms with E-state index in [9.17, 15) is 0 Å². The molecule has 0 nitrogen and oxygen atoms in total. The monoisotopic (exact) mass is 333 g/mol. The molecule has 0 atom stereocenters. The molecule has 0 bridgehead atoms. The van der Waals surface area contributed by atoms with Gasteiger partial charge in [-0.3, -0.25) is 0 Å². The van der Waals surface area contributed by atoms with Crippen molar-refractivity contribution in [3.8, 4) is 0 Å². The van der Waals surface area contributed by atoms with Gasteiger partial charge in [0.25, 0.3) is 0 Å². The molecule has 0 fully saturated rings. The van der Waals surface area contributed by atoms with E-state index >= 15 is 0 Å². The molecule has 52 valence electrons. The van der Waals surface area contributed by atoms with Gasteiger partial charge in [-0.15, -0.1) is 0 Å². The van der Waals surface area contributed by atoms with Gasteiger partial charge in [0.15, 0.2) is 0 Å². The predicted octanol–water partition coefficient (Wildman–Crippen LogP) is 0.310. The molecule has 0 aromatic heterocycles. The van der Waals surface area contributed by atoms with Crippen LogP contribution in [-0.4, -0.2) is 0.594 Å². The Morgan fingerprint density at radius 2 is 1.29 bits per heavy atom. The summed E-state index contributed by atoms with van der Waals surface area (Å²) in [7, 11) is 0. The van der Waals surface area contributed by atoms with Crippen LogP contribution in [0.4, 0.5) is 0 Å². The average molecular weight is 333 g/mol. The van der Waals surface area contributed by atoms with Crippen LogP contribution in [-0.2, 0) is 0 Å². The summed E-state index contributed by atoms with van der Waals surface area (Å²) in [6.07, 6.45) is 0. The maximum atomic E-state index is 6.30. The molecule has 2 heteroatoms. The third-order valence-corrected chi connectivity index (χ3v) is 0. The maximum absolute atomic E-state index is 6.30. The van der Waals surface area contributed by atoms with Gasteiger partial charge in [0.1, 0.15) is 0 Å². The first-order valence-electron chi connectivity index (χ1n) is 2.52. The second kappa shape index (κ2) is 146. The first-order valence-corrected chi connectivity index (χ1v) is 8.43. The molecule has 0 aliphatic carbocycles. The predicted molar refractivity (Wildman–Crippen MR) is 44.8 cm³/mol. The Morgan fingerprint density at radius 3 is 1.29 bits per heavy atom. The molecule has 0 aliphatic rings. The third-order valence-electron chi connectivity index (χ3n) is 0. The van der Waals surface area contributed by atoms with Crippen LogP contribution < -0.4 is 18.4 Å². The van der Waals surface area contributed by atoms with Gasteiger partial charge < -0.3 is 0 Å². The summed E-state index contributed by atoms with van der Waals surface area (Å²) in [6.45, 7) is 8.00. The number of hydrogen-bond donors (Lipinski definition) is 0. The summed E-state index contributed by atoms with van der Waals surface area (Å²) in [6, 6.07) is 0. The molecule has 0 aromatic rings. The second-order valence-electron chi connectivity index (χ2n) is 0. The van der Waals surface area contributed by atoms with Gasteiger partial charge in [-0.05, 0) is 0 Å². The van der Waals surface area contributed by atoms with Crippen molar-refractivity contribution in [3.63, 3.8) is 0 Å². The van der Waals surface area contributed by atoms with Gasteiger partial charge in [0.05, 0.1) is 0 Å². The Bertz CT molecular complexity index is 10.4. The summed E-state index contributed by atoms with van der Waals surface area (Å²) in [5.41, 5.74) is 0. The quantitative estimate of drug-likeness (QED) is 0.560. The fraction of sp³-hybridized carbons (Fsp3) is 1.00. The van der Waals surface area contributed by atoms with E-state index in [0.29, 0.717) is 0 Å². The van der Waals surface area contributed by atoms with E-state index in [-0.39, 0.29) is 25.8 Å². The molecule has 0 saturated heterocycles. The average Bonchev–Trinajstić information content (AvgIpc) is 1.78. The van der Waals surface area contributed by atoms with Gasteiger partial charge in [0, 0.05) is 0 Å². The first-order chi connectivity index (χ1) is 3.41. The third kappa shape index (κ3) is 104. The first kappa shape index (κ1) is 15.8. The van der Waals surface area contributed by atoms with Crippen molar-refractivity contribution in [2.75, 3.05) is 0 Å². The molecule has 7 heavy (non-hydrogen) atoms. The van der Waals surface area contributed by atoms with Crippen molar-refractivity contribution in [1.82, 2.24) is 0 Å². The molecule has 0 amide bonds. The molecule has 0 radical (unpaired) electrons.